The fourth-order valence-electron chi connectivity index (χ4n) is 4.11. The van der Waals surface area contributed by atoms with E-state index in [1.54, 1.807) is 0 Å². The fourth-order valence-corrected chi connectivity index (χ4v) is 4.42. The average molecular weight is 406 g/mol. The summed E-state index contributed by atoms with van der Waals surface area (Å²) in [5.74, 6) is 0.893. The van der Waals surface area contributed by atoms with E-state index in [0.29, 0.717) is 6.61 Å². The fraction of sp³-hybridized carbons (Fsp3) is 0.292. The highest BCUT2D eigenvalue weighted by molar-refractivity contribution is 7.80. The average Bonchev–Trinajstić information content (AvgIpc) is 3.16. The predicted molar refractivity (Wildman–Crippen MR) is 123 cm³/mol. The van der Waals surface area contributed by atoms with E-state index in [-0.39, 0.29) is 6.04 Å². The van der Waals surface area contributed by atoms with Gasteiger partial charge < -0.3 is 19.5 Å². The molecule has 0 spiro atoms. The molecule has 4 rings (SSSR count). The minimum absolute atomic E-state index is 0.0698. The SMILES string of the molecule is CCOc1ccc([C@@H]2c3cccn3CCN2C(=S)Nc2cc(C)cc(C)c2)cc1. The Hall–Kier alpha value is -2.79. The van der Waals surface area contributed by atoms with E-state index in [0.717, 1.165) is 29.6 Å². The molecule has 0 amide bonds. The topological polar surface area (TPSA) is 29.4 Å². The van der Waals surface area contributed by atoms with Crippen LogP contribution in [0.25, 0.3) is 0 Å². The van der Waals surface area contributed by atoms with E-state index < -0.39 is 0 Å². The zero-order chi connectivity index (χ0) is 20.4. The molecule has 0 radical (unpaired) electrons. The lowest BCUT2D eigenvalue weighted by molar-refractivity contribution is 0.293. The number of rotatable bonds is 4. The molecule has 0 aliphatic carbocycles. The molecule has 1 atom stereocenters. The molecule has 0 unspecified atom stereocenters. The molecule has 0 saturated heterocycles. The highest BCUT2D eigenvalue weighted by atomic mass is 32.1. The second-order valence-electron chi connectivity index (χ2n) is 7.53. The van der Waals surface area contributed by atoms with Gasteiger partial charge in [0.2, 0.25) is 0 Å². The van der Waals surface area contributed by atoms with Crippen molar-refractivity contribution in [3.05, 3.63) is 83.2 Å². The van der Waals surface area contributed by atoms with Crippen molar-refractivity contribution in [2.75, 3.05) is 18.5 Å². The first kappa shape index (κ1) is 19.5. The molecular weight excluding hydrogens is 378 g/mol. The van der Waals surface area contributed by atoms with E-state index in [2.05, 4.69) is 77.3 Å². The van der Waals surface area contributed by atoms with Gasteiger partial charge in [-0.05, 0) is 86.1 Å². The van der Waals surface area contributed by atoms with E-state index in [1.165, 1.54) is 22.4 Å². The van der Waals surface area contributed by atoms with Crippen LogP contribution in [0.1, 0.15) is 35.3 Å². The van der Waals surface area contributed by atoms with E-state index in [9.17, 15) is 0 Å². The Labute approximate surface area is 178 Å². The van der Waals surface area contributed by atoms with Crippen LogP contribution in [0.3, 0.4) is 0 Å². The molecule has 150 valence electrons. The van der Waals surface area contributed by atoms with Gasteiger partial charge in [-0.1, -0.05) is 18.2 Å². The van der Waals surface area contributed by atoms with Gasteiger partial charge in [-0.25, -0.2) is 0 Å². The standard InChI is InChI=1S/C24H27N3OS/c1-4-28-21-9-7-19(8-10-21)23-22-6-5-11-26(22)12-13-27(23)24(29)25-20-15-17(2)14-18(3)16-20/h5-11,14-16,23H,4,12-13H2,1-3H3,(H,25,29)/t23-/m1/s1. The van der Waals surface area contributed by atoms with Gasteiger partial charge in [0.25, 0.3) is 0 Å². The smallest absolute Gasteiger partial charge is 0.174 e. The second kappa shape index (κ2) is 8.29. The minimum atomic E-state index is 0.0698. The maximum atomic E-state index is 5.87. The molecule has 1 N–H and O–H groups in total. The van der Waals surface area contributed by atoms with Crippen LogP contribution in [-0.4, -0.2) is 27.7 Å². The maximum Gasteiger partial charge on any atom is 0.174 e. The molecule has 4 nitrogen and oxygen atoms in total. The molecule has 1 aliphatic rings. The van der Waals surface area contributed by atoms with Crippen LogP contribution in [-0.2, 0) is 6.54 Å². The molecule has 5 heteroatoms. The zero-order valence-corrected chi connectivity index (χ0v) is 18.0. The molecular formula is C24H27N3OS. The van der Waals surface area contributed by atoms with E-state index >= 15 is 0 Å². The second-order valence-corrected chi connectivity index (χ2v) is 7.92. The minimum Gasteiger partial charge on any atom is -0.494 e. The third-order valence-corrected chi connectivity index (χ3v) is 5.62. The summed E-state index contributed by atoms with van der Waals surface area (Å²) in [4.78, 5) is 2.29. The highest BCUT2D eigenvalue weighted by Crippen LogP contribution is 2.34. The predicted octanol–water partition coefficient (Wildman–Crippen LogP) is 5.31. The summed E-state index contributed by atoms with van der Waals surface area (Å²) in [6.07, 6.45) is 2.15. The van der Waals surface area contributed by atoms with Gasteiger partial charge in [0, 0.05) is 30.7 Å². The van der Waals surface area contributed by atoms with Gasteiger partial charge in [-0.3, -0.25) is 0 Å². The van der Waals surface area contributed by atoms with Crippen LogP contribution in [0.4, 0.5) is 5.69 Å². The number of ether oxygens (including phenoxy) is 1. The van der Waals surface area contributed by atoms with Crippen molar-refractivity contribution in [2.24, 2.45) is 0 Å². The summed E-state index contributed by atoms with van der Waals surface area (Å²) in [6, 6.07) is 19.2. The molecule has 0 fully saturated rings. The van der Waals surface area contributed by atoms with Crippen molar-refractivity contribution in [2.45, 2.75) is 33.4 Å². The number of hydrogen-bond acceptors (Lipinski definition) is 2. The monoisotopic (exact) mass is 405 g/mol. The Kier molecular flexibility index (Phi) is 5.58. The molecule has 0 saturated carbocycles. The molecule has 3 aromatic rings. The Morgan fingerprint density at radius 3 is 2.48 bits per heavy atom. The van der Waals surface area contributed by atoms with Crippen LogP contribution < -0.4 is 10.1 Å². The van der Waals surface area contributed by atoms with Crippen molar-refractivity contribution in [1.29, 1.82) is 0 Å². The zero-order valence-electron chi connectivity index (χ0n) is 17.2. The normalized spacial score (nSPS) is 15.7. The van der Waals surface area contributed by atoms with E-state index in [1.807, 2.05) is 19.1 Å². The van der Waals surface area contributed by atoms with Gasteiger partial charge in [0.1, 0.15) is 5.75 Å². The molecule has 1 aromatic heterocycles. The first-order valence-electron chi connectivity index (χ1n) is 10.1. The Morgan fingerprint density at radius 2 is 1.79 bits per heavy atom. The lowest BCUT2D eigenvalue weighted by atomic mass is 10.00. The Morgan fingerprint density at radius 1 is 1.07 bits per heavy atom. The summed E-state index contributed by atoms with van der Waals surface area (Å²) in [6.45, 7) is 8.67. The van der Waals surface area contributed by atoms with Gasteiger partial charge >= 0.3 is 0 Å². The Bertz CT molecular complexity index is 989. The van der Waals surface area contributed by atoms with Crippen molar-refractivity contribution in [3.63, 3.8) is 0 Å². The first-order valence-corrected chi connectivity index (χ1v) is 10.5. The number of nitrogens with zero attached hydrogens (tertiary/aromatic N) is 2. The number of fused-ring (bicyclic) bond motifs is 1. The van der Waals surface area contributed by atoms with Gasteiger partial charge in [-0.2, -0.15) is 0 Å². The molecule has 29 heavy (non-hydrogen) atoms. The summed E-state index contributed by atoms with van der Waals surface area (Å²) in [7, 11) is 0. The van der Waals surface area contributed by atoms with Crippen LogP contribution in [0.2, 0.25) is 0 Å². The largest absolute Gasteiger partial charge is 0.494 e. The van der Waals surface area contributed by atoms with Crippen LogP contribution in [0.5, 0.6) is 5.75 Å². The summed E-state index contributed by atoms with van der Waals surface area (Å²) in [5, 5.41) is 4.22. The summed E-state index contributed by atoms with van der Waals surface area (Å²) < 4.78 is 7.94. The molecule has 2 heterocycles. The molecule has 0 bridgehead atoms. The number of hydrogen-bond donors (Lipinski definition) is 1. The van der Waals surface area contributed by atoms with Crippen molar-refractivity contribution < 1.29 is 4.74 Å². The maximum absolute atomic E-state index is 5.87. The molecule has 1 aliphatic heterocycles. The highest BCUT2D eigenvalue weighted by Gasteiger charge is 2.30. The quantitative estimate of drug-likeness (QED) is 0.596. The Balaban J connectivity index is 1.64. The number of benzene rings is 2. The van der Waals surface area contributed by atoms with Crippen molar-refractivity contribution >= 4 is 23.0 Å². The van der Waals surface area contributed by atoms with Gasteiger partial charge in [0.05, 0.1) is 12.6 Å². The summed E-state index contributed by atoms with van der Waals surface area (Å²) in [5.41, 5.74) is 5.96. The number of aromatic nitrogens is 1. The third kappa shape index (κ3) is 4.15. The lowest BCUT2D eigenvalue weighted by Crippen LogP contribution is -2.44. The van der Waals surface area contributed by atoms with Crippen LogP contribution in [0, 0.1) is 13.8 Å². The number of nitrogens with one attached hydrogen (secondary N) is 1. The summed E-state index contributed by atoms with van der Waals surface area (Å²) >= 11 is 5.87. The lowest BCUT2D eigenvalue weighted by Gasteiger charge is -2.39. The molecule has 2 aromatic carbocycles. The first-order chi connectivity index (χ1) is 14.0. The third-order valence-electron chi connectivity index (χ3n) is 5.28. The number of anilines is 1. The van der Waals surface area contributed by atoms with Crippen LogP contribution in [0.15, 0.2) is 60.8 Å². The van der Waals surface area contributed by atoms with Crippen LogP contribution >= 0.6 is 12.2 Å². The van der Waals surface area contributed by atoms with E-state index in [4.69, 9.17) is 17.0 Å². The number of thiocarbonyl (C=S) groups is 1. The number of aryl methyl sites for hydroxylation is 2. The van der Waals surface area contributed by atoms with Crippen molar-refractivity contribution in [3.8, 4) is 5.75 Å². The van der Waals surface area contributed by atoms with Gasteiger partial charge in [-0.15, -0.1) is 0 Å². The van der Waals surface area contributed by atoms with Crippen molar-refractivity contribution in [1.82, 2.24) is 9.47 Å². The van der Waals surface area contributed by atoms with Gasteiger partial charge in [0.15, 0.2) is 5.11 Å².